The van der Waals surface area contributed by atoms with Gasteiger partial charge in [-0.1, -0.05) is 12.1 Å². The molecule has 0 fully saturated rings. The highest BCUT2D eigenvalue weighted by atomic mass is 32.2. The van der Waals surface area contributed by atoms with Crippen molar-refractivity contribution in [3.63, 3.8) is 0 Å². The number of hydrogen-bond acceptors (Lipinski definition) is 3. The number of hydrogen-bond donors (Lipinski definition) is 1. The molecule has 19 heavy (non-hydrogen) atoms. The molecule has 0 aliphatic rings. The smallest absolute Gasteiger partial charge is 0.0492 e. The number of rotatable bonds is 6. The molecule has 0 saturated carbocycles. The summed E-state index contributed by atoms with van der Waals surface area (Å²) in [6.45, 7) is 0. The van der Waals surface area contributed by atoms with Gasteiger partial charge in [-0.2, -0.15) is 5.10 Å². The monoisotopic (exact) mass is 275 g/mol. The van der Waals surface area contributed by atoms with E-state index in [9.17, 15) is 0 Å². The van der Waals surface area contributed by atoms with Gasteiger partial charge in [0.05, 0.1) is 0 Å². The van der Waals surface area contributed by atoms with Crippen molar-refractivity contribution in [2.24, 2.45) is 7.05 Å². The van der Waals surface area contributed by atoms with Crippen molar-refractivity contribution in [3.05, 3.63) is 47.8 Å². The van der Waals surface area contributed by atoms with E-state index in [2.05, 4.69) is 47.0 Å². The molecule has 1 unspecified atom stereocenters. The number of thioether (sulfide) groups is 1. The highest BCUT2D eigenvalue weighted by Crippen LogP contribution is 2.22. The molecular formula is C15H21N3S. The van der Waals surface area contributed by atoms with Crippen LogP contribution in [0.25, 0.3) is 0 Å². The van der Waals surface area contributed by atoms with Crippen molar-refractivity contribution in [3.8, 4) is 0 Å². The zero-order valence-electron chi connectivity index (χ0n) is 11.8. The molecule has 1 atom stereocenters. The van der Waals surface area contributed by atoms with E-state index in [1.54, 1.807) is 11.8 Å². The minimum absolute atomic E-state index is 0.394. The molecule has 0 aliphatic heterocycles. The molecule has 102 valence electrons. The van der Waals surface area contributed by atoms with Crippen LogP contribution in [0.4, 0.5) is 0 Å². The Labute approximate surface area is 119 Å². The van der Waals surface area contributed by atoms with Crippen LogP contribution in [0.5, 0.6) is 0 Å². The van der Waals surface area contributed by atoms with E-state index in [-0.39, 0.29) is 0 Å². The van der Waals surface area contributed by atoms with Gasteiger partial charge in [-0.15, -0.1) is 11.8 Å². The predicted molar refractivity (Wildman–Crippen MR) is 81.6 cm³/mol. The SMILES string of the molecule is CNC(CCc1ccnn1C)c1ccc(SC)cc1. The third-order valence-electron chi connectivity index (χ3n) is 3.48. The molecule has 1 heterocycles. The Hall–Kier alpha value is -1.26. The lowest BCUT2D eigenvalue weighted by Crippen LogP contribution is -2.17. The molecule has 1 aromatic heterocycles. The van der Waals surface area contributed by atoms with Crippen LogP contribution >= 0.6 is 11.8 Å². The molecule has 4 heteroatoms. The van der Waals surface area contributed by atoms with Gasteiger partial charge in [0.2, 0.25) is 0 Å². The van der Waals surface area contributed by atoms with Crippen LogP contribution in [0.15, 0.2) is 41.4 Å². The van der Waals surface area contributed by atoms with Gasteiger partial charge in [0.1, 0.15) is 0 Å². The van der Waals surface area contributed by atoms with Crippen LogP contribution < -0.4 is 5.32 Å². The van der Waals surface area contributed by atoms with Gasteiger partial charge in [0.15, 0.2) is 0 Å². The van der Waals surface area contributed by atoms with Crippen molar-refractivity contribution in [2.45, 2.75) is 23.8 Å². The zero-order valence-corrected chi connectivity index (χ0v) is 12.6. The molecule has 0 spiro atoms. The van der Waals surface area contributed by atoms with Crippen LogP contribution in [-0.2, 0) is 13.5 Å². The molecular weight excluding hydrogens is 254 g/mol. The number of benzene rings is 1. The Bertz CT molecular complexity index is 504. The summed E-state index contributed by atoms with van der Waals surface area (Å²) in [5, 5.41) is 7.61. The Morgan fingerprint density at radius 3 is 2.53 bits per heavy atom. The Morgan fingerprint density at radius 2 is 2.00 bits per heavy atom. The van der Waals surface area contributed by atoms with E-state index >= 15 is 0 Å². The summed E-state index contributed by atoms with van der Waals surface area (Å²) < 4.78 is 1.95. The summed E-state index contributed by atoms with van der Waals surface area (Å²) >= 11 is 1.78. The van der Waals surface area contributed by atoms with Gasteiger partial charge in [0.25, 0.3) is 0 Å². The first-order chi connectivity index (χ1) is 9.24. The Morgan fingerprint density at radius 1 is 1.26 bits per heavy atom. The molecule has 2 aromatic rings. The van der Waals surface area contributed by atoms with Crippen molar-refractivity contribution >= 4 is 11.8 Å². The summed E-state index contributed by atoms with van der Waals surface area (Å²) in [4.78, 5) is 1.31. The maximum atomic E-state index is 4.21. The van der Waals surface area contributed by atoms with Gasteiger partial charge in [0, 0.05) is 29.9 Å². The second kappa shape index (κ2) is 6.78. The third-order valence-corrected chi connectivity index (χ3v) is 4.22. The molecule has 3 nitrogen and oxygen atoms in total. The minimum Gasteiger partial charge on any atom is -0.313 e. The molecule has 1 N–H and O–H groups in total. The van der Waals surface area contributed by atoms with Crippen LogP contribution in [0, 0.1) is 0 Å². The quantitative estimate of drug-likeness (QED) is 0.822. The topological polar surface area (TPSA) is 29.9 Å². The summed E-state index contributed by atoms with van der Waals surface area (Å²) in [6, 6.07) is 11.3. The highest BCUT2D eigenvalue weighted by molar-refractivity contribution is 7.98. The second-order valence-corrected chi connectivity index (χ2v) is 5.48. The number of aromatic nitrogens is 2. The molecule has 0 radical (unpaired) electrons. The van der Waals surface area contributed by atoms with Crippen LogP contribution in [0.2, 0.25) is 0 Å². The number of nitrogens with zero attached hydrogens (tertiary/aromatic N) is 2. The normalized spacial score (nSPS) is 12.6. The van der Waals surface area contributed by atoms with Gasteiger partial charge >= 0.3 is 0 Å². The van der Waals surface area contributed by atoms with Crippen molar-refractivity contribution in [1.82, 2.24) is 15.1 Å². The largest absolute Gasteiger partial charge is 0.313 e. The second-order valence-electron chi connectivity index (χ2n) is 4.60. The van der Waals surface area contributed by atoms with E-state index in [0.717, 1.165) is 12.8 Å². The van der Waals surface area contributed by atoms with Crippen LogP contribution in [0.3, 0.4) is 0 Å². The summed E-state index contributed by atoms with van der Waals surface area (Å²) in [7, 11) is 4.02. The van der Waals surface area contributed by atoms with E-state index in [4.69, 9.17) is 0 Å². The third kappa shape index (κ3) is 3.61. The Kier molecular flexibility index (Phi) is 5.05. The van der Waals surface area contributed by atoms with Crippen LogP contribution in [-0.4, -0.2) is 23.1 Å². The number of aryl methyl sites for hydroxylation is 2. The average molecular weight is 275 g/mol. The van der Waals surface area contributed by atoms with E-state index < -0.39 is 0 Å². The van der Waals surface area contributed by atoms with Crippen LogP contribution in [0.1, 0.15) is 23.7 Å². The van der Waals surface area contributed by atoms with Crippen molar-refractivity contribution in [1.29, 1.82) is 0 Å². The van der Waals surface area contributed by atoms with Gasteiger partial charge in [-0.25, -0.2) is 0 Å². The minimum atomic E-state index is 0.394. The van der Waals surface area contributed by atoms with Crippen molar-refractivity contribution < 1.29 is 0 Å². The maximum absolute atomic E-state index is 4.21. The first-order valence-corrected chi connectivity index (χ1v) is 7.75. The first-order valence-electron chi connectivity index (χ1n) is 6.52. The van der Waals surface area contributed by atoms with Gasteiger partial charge < -0.3 is 5.32 Å². The molecule has 0 bridgehead atoms. The average Bonchev–Trinajstić information content (AvgIpc) is 2.86. The standard InChI is InChI=1S/C15H21N3S/c1-16-15(9-6-13-10-11-17-18(13)2)12-4-7-14(19-3)8-5-12/h4-5,7-8,10-11,15-16H,6,9H2,1-3H3. The number of nitrogens with one attached hydrogen (secondary N) is 1. The molecule has 0 amide bonds. The first kappa shape index (κ1) is 14.2. The maximum Gasteiger partial charge on any atom is 0.0492 e. The molecule has 1 aromatic carbocycles. The van der Waals surface area contributed by atoms with Crippen molar-refractivity contribution in [2.75, 3.05) is 13.3 Å². The molecule has 0 aliphatic carbocycles. The lowest BCUT2D eigenvalue weighted by molar-refractivity contribution is 0.535. The fraction of sp³-hybridized carbons (Fsp3) is 0.400. The lowest BCUT2D eigenvalue weighted by Gasteiger charge is -2.17. The van der Waals surface area contributed by atoms with E-state index in [1.807, 2.05) is 25.0 Å². The summed E-state index contributed by atoms with van der Waals surface area (Å²) in [5.41, 5.74) is 2.63. The zero-order chi connectivity index (χ0) is 13.7. The fourth-order valence-electron chi connectivity index (χ4n) is 2.25. The van der Waals surface area contributed by atoms with Gasteiger partial charge in [-0.05, 0) is 49.9 Å². The summed E-state index contributed by atoms with van der Waals surface area (Å²) in [6.07, 6.45) is 6.07. The van der Waals surface area contributed by atoms with E-state index in [0.29, 0.717) is 6.04 Å². The van der Waals surface area contributed by atoms with Gasteiger partial charge in [-0.3, -0.25) is 4.68 Å². The predicted octanol–water partition coefficient (Wildman–Crippen LogP) is 3.04. The Balaban J connectivity index is 2.01. The lowest BCUT2D eigenvalue weighted by atomic mass is 10.0. The molecule has 0 saturated heterocycles. The highest BCUT2D eigenvalue weighted by Gasteiger charge is 2.10. The molecule has 2 rings (SSSR count). The summed E-state index contributed by atoms with van der Waals surface area (Å²) in [5.74, 6) is 0. The fourth-order valence-corrected chi connectivity index (χ4v) is 2.66. The van der Waals surface area contributed by atoms with E-state index in [1.165, 1.54) is 16.2 Å².